The molecular weight excluding hydrogens is 922 g/mol. The van der Waals surface area contributed by atoms with Crippen molar-refractivity contribution in [1.82, 2.24) is 59.8 Å². The summed E-state index contributed by atoms with van der Waals surface area (Å²) in [6.45, 7) is 18.7. The molecule has 2 aliphatic rings. The van der Waals surface area contributed by atoms with Crippen molar-refractivity contribution in [2.24, 2.45) is 11.8 Å². The first-order valence-corrected chi connectivity index (χ1v) is 22.6. The molecule has 29 heteroatoms. The normalized spacial score (nSPS) is 19.6. The van der Waals surface area contributed by atoms with E-state index >= 15 is 0 Å². The Bertz CT molecular complexity index is 2220. The van der Waals surface area contributed by atoms with Gasteiger partial charge >= 0.3 is 17.4 Å². The highest BCUT2D eigenvalue weighted by Gasteiger charge is 2.38. The number of aromatic amines is 2. The molecule has 9 N–H and O–H groups in total. The van der Waals surface area contributed by atoms with Crippen molar-refractivity contribution in [3.63, 3.8) is 0 Å². The van der Waals surface area contributed by atoms with Crippen LogP contribution in [0.1, 0.15) is 88.5 Å². The van der Waals surface area contributed by atoms with Gasteiger partial charge < -0.3 is 39.5 Å². The Balaban J connectivity index is 0.000000489. The molecule has 67 heavy (non-hydrogen) atoms. The van der Waals surface area contributed by atoms with Gasteiger partial charge in [0.2, 0.25) is 23.7 Å². The maximum absolute atomic E-state index is 12.1. The average molecular weight is 985 g/mol. The molecule has 2 aliphatic heterocycles. The van der Waals surface area contributed by atoms with Crippen molar-refractivity contribution in [2.45, 2.75) is 112 Å². The van der Waals surface area contributed by atoms with E-state index in [2.05, 4.69) is 81.8 Å². The smallest absolute Gasteiger partial charge is 0.324 e. The fraction of sp³-hybridized carbons (Fsp3) is 0.605. The number of aliphatic hydroxyl groups is 3. The SMILES string of the molecule is CC(C)C(=O)Nc1nc2c(nnn2[C@@H]2O[C@H](CO)C[C@@H]2O)c(=O)[nH]1.CCN(CC)CC.CC[C@@H]1C[C@H](O)[C@H](n2nnc3c(=O)[nH]c(NC(=O)C(C)C)nc32)O1.O=PO.O=PO.[HH].c1ccncc1. The van der Waals surface area contributed by atoms with Crippen molar-refractivity contribution in [3.05, 3.63) is 51.3 Å². The van der Waals surface area contributed by atoms with E-state index in [1.807, 2.05) is 25.1 Å². The molecule has 0 spiro atoms. The Kier molecular flexibility index (Phi) is 25.8. The van der Waals surface area contributed by atoms with Crippen LogP contribution in [0.4, 0.5) is 11.9 Å². The third kappa shape index (κ3) is 17.6. The molecule has 0 unspecified atom stereocenters. The topological polar surface area (TPSA) is 381 Å². The number of carbonyl (C=O) groups is 2. The van der Waals surface area contributed by atoms with Gasteiger partial charge in [-0.1, -0.05) is 71.9 Å². The Morgan fingerprint density at radius 2 is 1.15 bits per heavy atom. The minimum atomic E-state index is -0.929. The molecule has 7 rings (SSSR count). The van der Waals surface area contributed by atoms with Crippen LogP contribution in [0.5, 0.6) is 0 Å². The summed E-state index contributed by atoms with van der Waals surface area (Å²) in [6.07, 6.45) is 0.946. The summed E-state index contributed by atoms with van der Waals surface area (Å²) in [6, 6.07) is 5.72. The van der Waals surface area contributed by atoms with E-state index in [1.165, 1.54) is 29.0 Å². The largest absolute Gasteiger partial charge is 0.394 e. The zero-order chi connectivity index (χ0) is 50.2. The van der Waals surface area contributed by atoms with Crippen LogP contribution in [-0.2, 0) is 28.2 Å². The highest BCUT2D eigenvalue weighted by molar-refractivity contribution is 7.16. The van der Waals surface area contributed by atoms with E-state index in [9.17, 15) is 29.4 Å². The molecule has 2 saturated heterocycles. The van der Waals surface area contributed by atoms with Crippen molar-refractivity contribution >= 4 is 63.4 Å². The number of H-pyrrole nitrogens is 2. The number of ether oxygens (including phenoxy) is 2. The van der Waals surface area contributed by atoms with E-state index in [1.54, 1.807) is 40.1 Å². The number of aromatic nitrogens is 11. The van der Waals surface area contributed by atoms with Crippen molar-refractivity contribution in [1.29, 1.82) is 0 Å². The van der Waals surface area contributed by atoms with Gasteiger partial charge in [0.05, 0.1) is 18.8 Å². The number of hydrogen-bond acceptors (Lipinski definition) is 19. The van der Waals surface area contributed by atoms with Crippen molar-refractivity contribution in [3.8, 4) is 0 Å². The number of carbonyl (C=O) groups excluding carboxylic acids is 2. The van der Waals surface area contributed by atoms with Crippen molar-refractivity contribution < 1.29 is 54.7 Å². The third-order valence-corrected chi connectivity index (χ3v) is 9.58. The van der Waals surface area contributed by atoms with Gasteiger partial charge in [-0.15, -0.1) is 10.2 Å². The summed E-state index contributed by atoms with van der Waals surface area (Å²) in [5, 5.41) is 49.7. The lowest BCUT2D eigenvalue weighted by atomic mass is 10.1. The minimum absolute atomic E-state index is 0. The second kappa shape index (κ2) is 30.0. The summed E-state index contributed by atoms with van der Waals surface area (Å²) in [5.74, 6) is -1.18. The first-order valence-electron chi connectivity index (χ1n) is 21.1. The van der Waals surface area contributed by atoms with Gasteiger partial charge in [-0.25, -0.2) is 9.13 Å². The summed E-state index contributed by atoms with van der Waals surface area (Å²) in [7, 11) is -1.67. The maximum Gasteiger partial charge on any atom is 0.324 e. The average Bonchev–Trinajstić information content (AvgIpc) is 4.11. The molecule has 2 fully saturated rings. The molecule has 0 aromatic carbocycles. The van der Waals surface area contributed by atoms with Crippen LogP contribution in [-0.4, -0.2) is 147 Å². The van der Waals surface area contributed by atoms with Gasteiger partial charge in [-0.05, 0) is 38.2 Å². The molecule has 2 amide bonds. The lowest BCUT2D eigenvalue weighted by molar-refractivity contribution is -0.119. The fourth-order valence-corrected chi connectivity index (χ4v) is 5.93. The molecule has 7 heterocycles. The van der Waals surface area contributed by atoms with Crippen LogP contribution in [0.2, 0.25) is 0 Å². The quantitative estimate of drug-likeness (QED) is 0.0854. The van der Waals surface area contributed by atoms with Gasteiger partial charge in [-0.2, -0.15) is 19.3 Å². The molecule has 5 aromatic rings. The van der Waals surface area contributed by atoms with Crippen molar-refractivity contribution in [2.75, 3.05) is 36.9 Å². The second-order valence-electron chi connectivity index (χ2n) is 14.8. The number of anilines is 2. The second-order valence-corrected chi connectivity index (χ2v) is 15.2. The van der Waals surface area contributed by atoms with Crippen LogP contribution in [0.25, 0.3) is 22.3 Å². The minimum Gasteiger partial charge on any atom is -0.394 e. The predicted octanol–water partition coefficient (Wildman–Crippen LogP) is 1.96. The van der Waals surface area contributed by atoms with E-state index in [0.29, 0.717) is 6.42 Å². The number of fused-ring (bicyclic) bond motifs is 2. The highest BCUT2D eigenvalue weighted by atomic mass is 31.1. The lowest BCUT2D eigenvalue weighted by Gasteiger charge is -2.15. The zero-order valence-corrected chi connectivity index (χ0v) is 40.1. The number of rotatable bonds is 11. The van der Waals surface area contributed by atoms with E-state index in [0.717, 1.165) is 6.42 Å². The van der Waals surface area contributed by atoms with Gasteiger partial charge in [0.25, 0.3) is 11.1 Å². The lowest BCUT2D eigenvalue weighted by Crippen LogP contribution is -2.24. The van der Waals surface area contributed by atoms with Gasteiger partial charge in [0.15, 0.2) is 34.8 Å². The third-order valence-electron chi connectivity index (χ3n) is 9.58. The zero-order valence-electron chi connectivity index (χ0n) is 38.3. The molecule has 0 radical (unpaired) electrons. The Morgan fingerprint density at radius 1 is 0.761 bits per heavy atom. The molecule has 0 saturated carbocycles. The number of amides is 2. The van der Waals surface area contributed by atoms with Crippen LogP contribution in [0, 0.1) is 11.8 Å². The summed E-state index contributed by atoms with van der Waals surface area (Å²) in [4.78, 5) is 81.1. The Labute approximate surface area is 388 Å². The predicted molar refractivity (Wildman–Crippen MR) is 245 cm³/mol. The molecule has 27 nitrogen and oxygen atoms in total. The number of hydrogen-bond donors (Lipinski definition) is 9. The van der Waals surface area contributed by atoms with Crippen LogP contribution in [0.15, 0.2) is 40.2 Å². The molecule has 0 aliphatic carbocycles. The maximum atomic E-state index is 12.1. The van der Waals surface area contributed by atoms with Gasteiger partial charge in [0, 0.05) is 38.5 Å². The van der Waals surface area contributed by atoms with Gasteiger partial charge in [-0.3, -0.25) is 44.8 Å². The monoisotopic (exact) mass is 984 g/mol. The summed E-state index contributed by atoms with van der Waals surface area (Å²) >= 11 is 0. The summed E-state index contributed by atoms with van der Waals surface area (Å²) in [5.41, 5.74) is -0.894. The molecule has 372 valence electrons. The number of nitrogens with zero attached hydrogens (tertiary/aromatic N) is 10. The van der Waals surface area contributed by atoms with Crippen LogP contribution in [0.3, 0.4) is 0 Å². The van der Waals surface area contributed by atoms with Crippen LogP contribution >= 0.6 is 17.4 Å². The van der Waals surface area contributed by atoms with Gasteiger partial charge in [0.1, 0.15) is 12.2 Å². The van der Waals surface area contributed by atoms with E-state index in [4.69, 9.17) is 33.5 Å². The van der Waals surface area contributed by atoms with E-state index < -0.39 is 59.3 Å². The number of aliphatic hydroxyl groups excluding tert-OH is 3. The van der Waals surface area contributed by atoms with E-state index in [-0.39, 0.29) is 78.4 Å². The highest BCUT2D eigenvalue weighted by Crippen LogP contribution is 2.31. The molecular formula is C38H62N14O13P2. The molecule has 5 aromatic heterocycles. The first kappa shape index (κ1) is 57.7. The van der Waals surface area contributed by atoms with Crippen LogP contribution < -0.4 is 21.8 Å². The number of pyridine rings is 1. The fourth-order valence-electron chi connectivity index (χ4n) is 5.93. The number of nitrogens with one attached hydrogen (secondary N) is 4. The molecule has 6 atom stereocenters. The summed E-state index contributed by atoms with van der Waals surface area (Å²) < 4.78 is 30.6. The Morgan fingerprint density at radius 3 is 1.42 bits per heavy atom. The molecule has 0 bridgehead atoms. The standard InChI is InChI=1S/C14H20N6O4.C13H18N6O5.C6H15N.C5H5N.2HO2P.H2/c1-4-7-5-8(21)13(24-7)20-10-9(18-19-20)12(23)17-14(15-10)16-11(22)6(2)3;1-5(2)10(22)15-13-14-9-8(11(23)16-13)17-18-19(9)12-7(21)3-6(4-20)24-12;1-4-7(5-2)6-3;1-2-4-6-5-3-1;2*1-3-2;/h6-8,13,21H,4-5H2,1-3H3,(H2,15,16,17,22,23);5-7,12,20-21H,3-4H2,1-2H3,(H2,14,15,16,22,23);4-6H2,1-3H3;1-5H;2*(H,1,2);1H/t7-,8+,13-;6-,7-,12+;;;;;/m10...../s1. The Hall–Kier alpha value is -5.47. The first-order chi connectivity index (χ1) is 32.0.